The second-order valence-corrected chi connectivity index (χ2v) is 11.7. The maximum Gasteiger partial charge on any atom is 0.475 e. The summed E-state index contributed by atoms with van der Waals surface area (Å²) < 4.78 is 0. The number of hydrogen-bond acceptors (Lipinski definition) is 9. The minimum atomic E-state index is -1.77. The van der Waals surface area contributed by atoms with E-state index in [0.29, 0.717) is 37.8 Å². The average molecular weight is 648 g/mol. The molecule has 0 aliphatic rings. The van der Waals surface area contributed by atoms with Crippen LogP contribution in [-0.4, -0.2) is 82.3 Å². The van der Waals surface area contributed by atoms with E-state index in [2.05, 4.69) is 15.6 Å². The standard InChI is InChI=1S/C30H50BN7O8/c1-22(2)20-26(31(43)44)35-28(41)25(16-13-18-33-30(32)36-38(45)46)34-27(40)17-9-7-5-4-6-8-12-19-37(21-39)29(42)24-15-11-10-14-23(24)3/h10-11,14-15,21-22,25-26,43-44H,4-9,12-13,16-20H2,1-3H3,(H,34,40)(H,35,41)(H3,32,33,36)/t25-,26?/m0/s1. The molecule has 1 aromatic carbocycles. The van der Waals surface area contributed by atoms with Crippen LogP contribution in [0.25, 0.3) is 0 Å². The number of rotatable bonds is 23. The van der Waals surface area contributed by atoms with Crippen molar-refractivity contribution in [2.75, 3.05) is 13.1 Å². The highest BCUT2D eigenvalue weighted by Crippen LogP contribution is 2.13. The molecule has 2 atom stereocenters. The molecule has 1 unspecified atom stereocenters. The minimum absolute atomic E-state index is 0.0700. The van der Waals surface area contributed by atoms with Crippen molar-refractivity contribution in [3.05, 3.63) is 45.5 Å². The van der Waals surface area contributed by atoms with Crippen LogP contribution < -0.4 is 21.8 Å². The largest absolute Gasteiger partial charge is 0.475 e. The predicted octanol–water partition coefficient (Wildman–Crippen LogP) is 1.62. The van der Waals surface area contributed by atoms with Gasteiger partial charge in [-0.3, -0.25) is 24.1 Å². The van der Waals surface area contributed by atoms with Crippen LogP contribution in [0.1, 0.15) is 100 Å². The zero-order valence-corrected chi connectivity index (χ0v) is 27.2. The predicted molar refractivity (Wildman–Crippen MR) is 175 cm³/mol. The number of aliphatic imine (C=N–C) groups is 1. The molecule has 46 heavy (non-hydrogen) atoms. The Bertz CT molecular complexity index is 1150. The summed E-state index contributed by atoms with van der Waals surface area (Å²) in [5.41, 5.74) is 8.48. The summed E-state index contributed by atoms with van der Waals surface area (Å²) >= 11 is 0. The van der Waals surface area contributed by atoms with Crippen LogP contribution in [0.3, 0.4) is 0 Å². The van der Waals surface area contributed by atoms with Gasteiger partial charge >= 0.3 is 7.12 Å². The number of aryl methyl sites for hydroxylation is 1. The summed E-state index contributed by atoms with van der Waals surface area (Å²) in [6.45, 7) is 6.01. The number of carbonyl (C=O) groups excluding carboxylic acids is 4. The molecule has 0 radical (unpaired) electrons. The summed E-state index contributed by atoms with van der Waals surface area (Å²) in [6, 6.07) is 6.19. The first-order valence-corrected chi connectivity index (χ1v) is 15.8. The smallest absolute Gasteiger partial charge is 0.426 e. The molecule has 0 aromatic heterocycles. The van der Waals surface area contributed by atoms with Gasteiger partial charge in [0.1, 0.15) is 6.04 Å². The summed E-state index contributed by atoms with van der Waals surface area (Å²) in [7, 11) is -1.77. The highest BCUT2D eigenvalue weighted by atomic mass is 16.7. The SMILES string of the molecule is Cc1ccccc1C(=O)N(C=O)CCCCCCCCCC(=O)N[C@@H](CCCN=C(N)N[N+](=O)[O-])C(=O)NC(CC(C)C)B(O)O. The first-order valence-electron chi connectivity index (χ1n) is 15.8. The van der Waals surface area contributed by atoms with Crippen molar-refractivity contribution >= 4 is 37.2 Å². The molecule has 15 nitrogen and oxygen atoms in total. The normalized spacial score (nSPS) is 12.6. The molecule has 0 heterocycles. The Labute approximate surface area is 271 Å². The number of guanidine groups is 1. The number of amides is 4. The zero-order chi connectivity index (χ0) is 34.5. The van der Waals surface area contributed by atoms with Gasteiger partial charge in [-0.2, -0.15) is 0 Å². The molecule has 0 saturated carbocycles. The Morgan fingerprint density at radius 1 is 1.04 bits per heavy atom. The average Bonchev–Trinajstić information content (AvgIpc) is 2.98. The van der Waals surface area contributed by atoms with Crippen molar-refractivity contribution in [3.8, 4) is 0 Å². The van der Waals surface area contributed by atoms with Crippen molar-refractivity contribution in [2.24, 2.45) is 16.6 Å². The number of nitro groups is 1. The van der Waals surface area contributed by atoms with E-state index in [4.69, 9.17) is 5.73 Å². The van der Waals surface area contributed by atoms with E-state index in [-0.39, 0.29) is 49.5 Å². The van der Waals surface area contributed by atoms with Gasteiger partial charge in [-0.1, -0.05) is 69.6 Å². The molecule has 0 bridgehead atoms. The van der Waals surface area contributed by atoms with E-state index < -0.39 is 30.0 Å². The lowest BCUT2D eigenvalue weighted by molar-refractivity contribution is -0.525. The highest BCUT2D eigenvalue weighted by molar-refractivity contribution is 6.43. The van der Waals surface area contributed by atoms with Crippen LogP contribution >= 0.6 is 0 Å². The Hall–Kier alpha value is -4.05. The number of nitrogens with zero attached hydrogens (tertiary/aromatic N) is 3. The molecule has 0 fully saturated rings. The third-order valence-electron chi connectivity index (χ3n) is 7.27. The van der Waals surface area contributed by atoms with Gasteiger partial charge in [0.05, 0.1) is 5.94 Å². The fourth-order valence-corrected chi connectivity index (χ4v) is 4.83. The van der Waals surface area contributed by atoms with Gasteiger partial charge < -0.3 is 26.4 Å². The number of benzene rings is 1. The van der Waals surface area contributed by atoms with Crippen molar-refractivity contribution in [2.45, 2.75) is 103 Å². The number of nitrogens with two attached hydrogens (primary N) is 1. The number of unbranched alkanes of at least 4 members (excludes halogenated alkanes) is 6. The second kappa shape index (κ2) is 22.5. The van der Waals surface area contributed by atoms with Crippen LogP contribution in [0, 0.1) is 23.0 Å². The number of carbonyl (C=O) groups is 4. The first-order chi connectivity index (χ1) is 21.8. The fraction of sp³-hybridized carbons (Fsp3) is 0.633. The Morgan fingerprint density at radius 3 is 2.26 bits per heavy atom. The van der Waals surface area contributed by atoms with E-state index in [1.54, 1.807) is 17.6 Å². The summed E-state index contributed by atoms with van der Waals surface area (Å²) in [4.78, 5) is 65.2. The zero-order valence-electron chi connectivity index (χ0n) is 27.2. The van der Waals surface area contributed by atoms with Gasteiger partial charge in [-0.05, 0) is 56.6 Å². The topological polar surface area (TPSA) is 230 Å². The second-order valence-electron chi connectivity index (χ2n) is 11.7. The Kier molecular flexibility index (Phi) is 19.5. The summed E-state index contributed by atoms with van der Waals surface area (Å²) in [6.07, 6.45) is 7.29. The lowest BCUT2D eigenvalue weighted by Gasteiger charge is -2.24. The minimum Gasteiger partial charge on any atom is -0.426 e. The van der Waals surface area contributed by atoms with Crippen LogP contribution in [0.4, 0.5) is 0 Å². The third kappa shape index (κ3) is 16.9. The first kappa shape index (κ1) is 40.0. The molecule has 1 aromatic rings. The van der Waals surface area contributed by atoms with Gasteiger partial charge in [-0.15, -0.1) is 0 Å². The molecule has 7 N–H and O–H groups in total. The lowest BCUT2D eigenvalue weighted by Crippen LogP contribution is -2.54. The van der Waals surface area contributed by atoms with Gasteiger partial charge in [0.2, 0.25) is 18.2 Å². The third-order valence-corrected chi connectivity index (χ3v) is 7.27. The van der Waals surface area contributed by atoms with Crippen molar-refractivity contribution in [3.63, 3.8) is 0 Å². The molecule has 0 saturated heterocycles. The van der Waals surface area contributed by atoms with E-state index in [0.717, 1.165) is 37.7 Å². The van der Waals surface area contributed by atoms with Gasteiger partial charge in [0.25, 0.3) is 11.9 Å². The van der Waals surface area contributed by atoms with Crippen molar-refractivity contribution < 1.29 is 34.3 Å². The number of nitrogens with one attached hydrogen (secondary N) is 3. The maximum absolute atomic E-state index is 13.0. The van der Waals surface area contributed by atoms with Crippen LogP contribution in [0.2, 0.25) is 0 Å². The molecule has 4 amide bonds. The molecule has 16 heteroatoms. The summed E-state index contributed by atoms with van der Waals surface area (Å²) in [5, 5.41) is 34.3. The van der Waals surface area contributed by atoms with Gasteiger partial charge in [0.15, 0.2) is 5.03 Å². The van der Waals surface area contributed by atoms with E-state index in [1.165, 1.54) is 4.90 Å². The fourth-order valence-electron chi connectivity index (χ4n) is 4.83. The number of imide groups is 1. The molecule has 256 valence electrons. The number of hydrazine groups is 1. The summed E-state index contributed by atoms with van der Waals surface area (Å²) in [5.74, 6) is -2.41. The lowest BCUT2D eigenvalue weighted by atomic mass is 9.75. The van der Waals surface area contributed by atoms with E-state index in [9.17, 15) is 39.3 Å². The molecule has 0 spiro atoms. The van der Waals surface area contributed by atoms with Gasteiger partial charge in [0, 0.05) is 25.1 Å². The van der Waals surface area contributed by atoms with Crippen molar-refractivity contribution in [1.82, 2.24) is 21.0 Å². The van der Waals surface area contributed by atoms with E-state index >= 15 is 0 Å². The van der Waals surface area contributed by atoms with Crippen LogP contribution in [-0.2, 0) is 14.4 Å². The molecule has 0 aliphatic carbocycles. The molecule has 1 rings (SSSR count). The quantitative estimate of drug-likeness (QED) is 0.0191. The number of hydrogen-bond donors (Lipinski definition) is 6. The van der Waals surface area contributed by atoms with E-state index in [1.807, 2.05) is 32.9 Å². The molecular weight excluding hydrogens is 597 g/mol. The highest BCUT2D eigenvalue weighted by Gasteiger charge is 2.29. The maximum atomic E-state index is 13.0. The van der Waals surface area contributed by atoms with Crippen molar-refractivity contribution in [1.29, 1.82) is 0 Å². The Balaban J connectivity index is 2.47. The van der Waals surface area contributed by atoms with Crippen LogP contribution in [0.15, 0.2) is 29.3 Å². The van der Waals surface area contributed by atoms with Gasteiger partial charge in [-0.25, -0.2) is 15.1 Å². The molecule has 0 aliphatic heterocycles. The van der Waals surface area contributed by atoms with Crippen LogP contribution in [0.5, 0.6) is 0 Å². The molecular formula is C30H50BN7O8. The monoisotopic (exact) mass is 647 g/mol. The Morgan fingerprint density at radius 2 is 1.67 bits per heavy atom.